The summed E-state index contributed by atoms with van der Waals surface area (Å²) >= 11 is 0. The number of ether oxygens (including phenoxy) is 4. The first kappa shape index (κ1) is 41.9. The molecule has 4 bridgehead atoms. The largest absolute Gasteiger partial charge is 0.508 e. The number of allylic oxidation sites excluding steroid dienone is 2. The van der Waals surface area contributed by atoms with Gasteiger partial charge in [-0.05, 0) is 32.1 Å². The highest BCUT2D eigenvalue weighted by atomic mass is 16.7. The molecule has 308 valence electrons. The van der Waals surface area contributed by atoms with Gasteiger partial charge < -0.3 is 49.1 Å². The molecule has 0 aromatic heterocycles. The third-order valence-corrected chi connectivity index (χ3v) is 11.3. The molecule has 0 spiro atoms. The smallest absolute Gasteiger partial charge is 0.312 e. The van der Waals surface area contributed by atoms with E-state index >= 15 is 0 Å². The maximum absolute atomic E-state index is 14.5. The van der Waals surface area contributed by atoms with Crippen molar-refractivity contribution in [1.82, 2.24) is 4.98 Å². The number of anilines is 1. The SMILES string of the molecule is CO[C@H]1/C=C/O[C@@]2(C)Oc3c(C)c(O)c4c(=O)c(c5oc6cc(O)ccc6nc-5c4c3C2=O)NC(=O)/C(C)=C\C=C\[C@H](C)[C@H](O)[C@@H](C)[C@@H](O)[C@@H](C)[C@H](OC(C)=O)[C@@H]1C. The van der Waals surface area contributed by atoms with Gasteiger partial charge in [0.15, 0.2) is 11.3 Å². The summed E-state index contributed by atoms with van der Waals surface area (Å²) in [5, 5.41) is 46.9. The summed E-state index contributed by atoms with van der Waals surface area (Å²) in [6.45, 7) is 12.5. The number of rotatable bonds is 2. The van der Waals surface area contributed by atoms with Gasteiger partial charge in [-0.15, -0.1) is 0 Å². The van der Waals surface area contributed by atoms with Gasteiger partial charge in [0.25, 0.3) is 11.7 Å². The molecule has 0 saturated carbocycles. The summed E-state index contributed by atoms with van der Waals surface area (Å²) < 4.78 is 29.8. The highest BCUT2D eigenvalue weighted by Gasteiger charge is 2.50. The first-order valence-electron chi connectivity index (χ1n) is 18.9. The number of aromatic hydroxyl groups is 2. The zero-order valence-electron chi connectivity index (χ0n) is 33.6. The zero-order valence-corrected chi connectivity index (χ0v) is 33.6. The van der Waals surface area contributed by atoms with E-state index in [-0.39, 0.29) is 67.2 Å². The van der Waals surface area contributed by atoms with E-state index in [0.717, 1.165) is 0 Å². The van der Waals surface area contributed by atoms with E-state index in [1.54, 1.807) is 39.8 Å². The van der Waals surface area contributed by atoms with Gasteiger partial charge in [0.05, 0.1) is 35.5 Å². The standard InChI is InChI=1S/C43H48N2O13/c1-18-11-10-12-19(2)42(53)45-33-37(51)30-29(32-40(33)57-28-17-25(47)13-14-26(28)44-32)31-39(23(6)36(30)50)58-43(8,41(31)52)55-16-15-27(54-9)20(3)38(56-24(7)46)22(5)35(49)21(4)34(18)48/h10-18,20-22,27,34-35,38,47-50H,1-9H3,(H,45,53)/b11-10+,16-15+,19-12-/t18-,20+,21+,22+,27-,34-,35+,38+,43-/m0/s1. The molecule has 1 aliphatic carbocycles. The summed E-state index contributed by atoms with van der Waals surface area (Å²) in [6.07, 6.45) is 3.46. The van der Waals surface area contributed by atoms with Crippen LogP contribution in [0.5, 0.6) is 17.2 Å². The number of aliphatic hydroxyl groups excluding tert-OH is 2. The molecule has 0 saturated heterocycles. The summed E-state index contributed by atoms with van der Waals surface area (Å²) in [7, 11) is 1.43. The summed E-state index contributed by atoms with van der Waals surface area (Å²) in [5.74, 6) is -7.62. The molecule has 2 aromatic rings. The van der Waals surface area contributed by atoms with Crippen LogP contribution in [0.2, 0.25) is 0 Å². The fourth-order valence-electron chi connectivity index (χ4n) is 7.79. The number of Topliss-reactive ketones (excluding diaryl/α,β-unsaturated/α-hetero) is 1. The number of aliphatic hydroxyl groups is 2. The van der Waals surface area contributed by atoms with Crippen LogP contribution < -0.4 is 15.5 Å². The first-order chi connectivity index (χ1) is 27.3. The minimum Gasteiger partial charge on any atom is -0.508 e. The van der Waals surface area contributed by atoms with Crippen molar-refractivity contribution < 1.29 is 58.2 Å². The third-order valence-electron chi connectivity index (χ3n) is 11.3. The average molecular weight is 801 g/mol. The number of phenolic OH excluding ortho intramolecular Hbond substituents is 2. The molecule has 15 nitrogen and oxygen atoms in total. The Balaban J connectivity index is 1.58. The van der Waals surface area contributed by atoms with Crippen LogP contribution in [-0.4, -0.2) is 80.4 Å². The lowest BCUT2D eigenvalue weighted by Gasteiger charge is -2.38. The number of phenols is 2. The van der Waals surface area contributed by atoms with Crippen molar-refractivity contribution in [1.29, 1.82) is 0 Å². The molecule has 5 N–H and O–H groups in total. The van der Waals surface area contributed by atoms with Crippen molar-refractivity contribution in [3.05, 3.63) is 75.7 Å². The maximum Gasteiger partial charge on any atom is 0.312 e. The number of ketones is 1. The van der Waals surface area contributed by atoms with Crippen molar-refractivity contribution in [2.24, 2.45) is 23.7 Å². The van der Waals surface area contributed by atoms with Gasteiger partial charge in [0.2, 0.25) is 5.43 Å². The fourth-order valence-corrected chi connectivity index (χ4v) is 7.79. The number of hydrogen-bond donors (Lipinski definition) is 5. The van der Waals surface area contributed by atoms with Crippen molar-refractivity contribution >= 4 is 45.2 Å². The molecule has 4 aliphatic rings. The number of methoxy groups -OCH3 is 1. The van der Waals surface area contributed by atoms with Crippen molar-refractivity contribution in [2.45, 2.75) is 85.6 Å². The monoisotopic (exact) mass is 800 g/mol. The van der Waals surface area contributed by atoms with Crippen LogP contribution in [0.3, 0.4) is 0 Å². The van der Waals surface area contributed by atoms with Crippen LogP contribution >= 0.6 is 0 Å². The number of nitrogens with zero attached hydrogens (tertiary/aromatic N) is 1. The minimum absolute atomic E-state index is 0.0426. The first-order valence-corrected chi connectivity index (χ1v) is 18.9. The highest BCUT2D eigenvalue weighted by Crippen LogP contribution is 2.50. The Morgan fingerprint density at radius 3 is 2.34 bits per heavy atom. The van der Waals surface area contributed by atoms with E-state index in [0.29, 0.717) is 0 Å². The Morgan fingerprint density at radius 1 is 0.966 bits per heavy atom. The highest BCUT2D eigenvalue weighted by molar-refractivity contribution is 6.22. The second-order valence-corrected chi connectivity index (χ2v) is 15.4. The number of benzene rings is 3. The molecule has 2 aromatic carbocycles. The lowest BCUT2D eigenvalue weighted by Crippen LogP contribution is -2.46. The van der Waals surface area contributed by atoms with E-state index in [4.69, 9.17) is 28.3 Å². The molecule has 0 radical (unpaired) electrons. The Kier molecular flexibility index (Phi) is 11.5. The van der Waals surface area contributed by atoms with Gasteiger partial charge in [-0.3, -0.25) is 19.2 Å². The number of aromatic nitrogens is 1. The van der Waals surface area contributed by atoms with Gasteiger partial charge in [-0.2, -0.15) is 0 Å². The lowest BCUT2D eigenvalue weighted by molar-refractivity contribution is -0.160. The quantitative estimate of drug-likeness (QED) is 0.0939. The average Bonchev–Trinajstić information content (AvgIpc) is 3.45. The normalized spacial score (nSPS) is 30.4. The molecule has 0 fully saturated rings. The van der Waals surface area contributed by atoms with E-state index < -0.39 is 82.7 Å². The van der Waals surface area contributed by atoms with E-state index in [1.807, 2.05) is 0 Å². The molecule has 3 aliphatic heterocycles. The Labute approximate surface area is 333 Å². The Morgan fingerprint density at radius 2 is 1.67 bits per heavy atom. The van der Waals surface area contributed by atoms with Gasteiger partial charge in [0.1, 0.15) is 40.3 Å². The number of fused-ring (bicyclic) bond motifs is 2. The molecule has 0 unspecified atom stereocenters. The second kappa shape index (κ2) is 15.9. The molecule has 1 amide bonds. The Bertz CT molecular complexity index is 2430. The van der Waals surface area contributed by atoms with E-state index in [9.17, 15) is 39.6 Å². The van der Waals surface area contributed by atoms with Gasteiger partial charge in [0, 0.05) is 67.2 Å². The van der Waals surface area contributed by atoms with Crippen LogP contribution in [0.4, 0.5) is 5.69 Å². The van der Waals surface area contributed by atoms with Gasteiger partial charge in [-0.1, -0.05) is 45.9 Å². The van der Waals surface area contributed by atoms with Crippen LogP contribution in [-0.2, 0) is 23.8 Å². The Hall–Kier alpha value is -5.77. The molecule has 15 heteroatoms. The number of carbonyl (C=O) groups excluding carboxylic acids is 3. The van der Waals surface area contributed by atoms with Crippen molar-refractivity contribution in [2.75, 3.05) is 12.4 Å². The van der Waals surface area contributed by atoms with Crippen molar-refractivity contribution in [3.63, 3.8) is 0 Å². The number of hydrogen-bond acceptors (Lipinski definition) is 14. The van der Waals surface area contributed by atoms with Crippen LogP contribution in [0, 0.1) is 30.6 Å². The maximum atomic E-state index is 14.5. The second-order valence-electron chi connectivity index (χ2n) is 15.4. The molecular formula is C43H48N2O13. The van der Waals surface area contributed by atoms with E-state index in [2.05, 4.69) is 5.32 Å². The van der Waals surface area contributed by atoms with Crippen LogP contribution in [0.15, 0.2) is 63.6 Å². The number of carbonyl (C=O) groups is 3. The summed E-state index contributed by atoms with van der Waals surface area (Å²) in [4.78, 5) is 59.7. The predicted octanol–water partition coefficient (Wildman–Crippen LogP) is 5.65. The van der Waals surface area contributed by atoms with Gasteiger partial charge >= 0.3 is 11.8 Å². The van der Waals surface area contributed by atoms with E-state index in [1.165, 1.54) is 71.4 Å². The molecule has 9 atom stereocenters. The van der Waals surface area contributed by atoms with Gasteiger partial charge in [-0.25, -0.2) is 4.98 Å². The molecule has 6 rings (SSSR count). The minimum atomic E-state index is -2.04. The number of amides is 1. The molecule has 3 heterocycles. The van der Waals surface area contributed by atoms with Crippen LogP contribution in [0.25, 0.3) is 33.3 Å². The lowest BCUT2D eigenvalue weighted by atomic mass is 9.78. The molecular weight excluding hydrogens is 752 g/mol. The van der Waals surface area contributed by atoms with Crippen molar-refractivity contribution in [3.8, 4) is 28.7 Å². The summed E-state index contributed by atoms with van der Waals surface area (Å²) in [6, 6.07) is 4.11. The topological polar surface area (TPSA) is 224 Å². The predicted molar refractivity (Wildman–Crippen MR) is 213 cm³/mol. The fraction of sp³-hybridized carbons (Fsp3) is 0.419. The summed E-state index contributed by atoms with van der Waals surface area (Å²) in [5.41, 5.74) is -1.01. The zero-order chi connectivity index (χ0) is 42.5. The third kappa shape index (κ3) is 7.29. The number of nitrogens with one attached hydrogen (secondary N) is 1. The number of esters is 1. The molecule has 58 heavy (non-hydrogen) atoms. The van der Waals surface area contributed by atoms with Crippen LogP contribution in [0.1, 0.15) is 64.4 Å².